The molecule has 0 bridgehead atoms. The van der Waals surface area contributed by atoms with Crippen LogP contribution < -0.4 is 10.6 Å². The van der Waals surface area contributed by atoms with Crippen LogP contribution >= 0.6 is 0 Å². The molecular formula is C14H25N7. The fourth-order valence-corrected chi connectivity index (χ4v) is 2.35. The number of aromatic nitrogens is 2. The molecule has 21 heavy (non-hydrogen) atoms. The molecule has 0 amide bonds. The van der Waals surface area contributed by atoms with Crippen LogP contribution in [0.2, 0.25) is 0 Å². The zero-order valence-corrected chi connectivity index (χ0v) is 13.1. The summed E-state index contributed by atoms with van der Waals surface area (Å²) >= 11 is 0. The number of anilines is 1. The van der Waals surface area contributed by atoms with Crippen LogP contribution in [0.25, 0.3) is 0 Å². The molecule has 0 unspecified atom stereocenters. The molecule has 7 heteroatoms. The summed E-state index contributed by atoms with van der Waals surface area (Å²) in [7, 11) is 4.19. The number of likely N-dealkylation sites (N-methyl/N-ethyl adjacent to an activating group) is 1. The van der Waals surface area contributed by atoms with Gasteiger partial charge in [0.1, 0.15) is 11.5 Å². The van der Waals surface area contributed by atoms with E-state index in [1.165, 1.54) is 0 Å². The van der Waals surface area contributed by atoms with Crippen LogP contribution in [-0.4, -0.2) is 79.0 Å². The predicted molar refractivity (Wildman–Crippen MR) is 85.0 cm³/mol. The number of nitrogens with one attached hydrogen (secondary N) is 1. The lowest BCUT2D eigenvalue weighted by molar-refractivity contribution is 0.228. The topological polar surface area (TPSA) is 85.4 Å². The third kappa shape index (κ3) is 4.37. The van der Waals surface area contributed by atoms with Crippen LogP contribution in [0.1, 0.15) is 11.4 Å². The van der Waals surface area contributed by atoms with E-state index in [0.717, 1.165) is 45.0 Å². The third-order valence-electron chi connectivity index (χ3n) is 3.64. The van der Waals surface area contributed by atoms with Gasteiger partial charge in [-0.3, -0.25) is 10.3 Å². The molecule has 0 saturated carbocycles. The second-order valence-electron chi connectivity index (χ2n) is 5.74. The number of hydrogen-bond donors (Lipinski definition) is 2. The molecule has 7 nitrogen and oxygen atoms in total. The smallest absolute Gasteiger partial charge is 0.226 e. The van der Waals surface area contributed by atoms with Gasteiger partial charge in [0.05, 0.1) is 0 Å². The van der Waals surface area contributed by atoms with E-state index in [1.54, 1.807) is 6.07 Å². The van der Waals surface area contributed by atoms with E-state index in [0.29, 0.717) is 11.6 Å². The minimum Gasteiger partial charge on any atom is -0.382 e. The number of rotatable bonds is 5. The number of piperazine rings is 1. The summed E-state index contributed by atoms with van der Waals surface area (Å²) in [6.07, 6.45) is 0. The third-order valence-corrected chi connectivity index (χ3v) is 3.64. The summed E-state index contributed by atoms with van der Waals surface area (Å²) < 4.78 is 0. The van der Waals surface area contributed by atoms with Gasteiger partial charge in [0.25, 0.3) is 0 Å². The van der Waals surface area contributed by atoms with Gasteiger partial charge in [-0.05, 0) is 27.1 Å². The van der Waals surface area contributed by atoms with Crippen molar-refractivity contribution in [3.8, 4) is 0 Å². The Hall–Kier alpha value is -1.73. The van der Waals surface area contributed by atoms with Crippen molar-refractivity contribution in [2.75, 3.05) is 58.3 Å². The molecule has 1 aromatic rings. The Kier molecular flexibility index (Phi) is 5.08. The molecule has 116 valence electrons. The van der Waals surface area contributed by atoms with Crippen LogP contribution in [0, 0.1) is 12.3 Å². The van der Waals surface area contributed by atoms with E-state index in [2.05, 4.69) is 38.8 Å². The maximum atomic E-state index is 7.53. The number of amidine groups is 1. The zero-order chi connectivity index (χ0) is 15.4. The highest BCUT2D eigenvalue weighted by atomic mass is 15.3. The second-order valence-corrected chi connectivity index (χ2v) is 5.74. The van der Waals surface area contributed by atoms with Gasteiger partial charge in [-0.15, -0.1) is 0 Å². The van der Waals surface area contributed by atoms with Crippen molar-refractivity contribution in [2.24, 2.45) is 5.73 Å². The lowest BCUT2D eigenvalue weighted by Crippen LogP contribution is -2.48. The van der Waals surface area contributed by atoms with Gasteiger partial charge in [-0.25, -0.2) is 9.97 Å². The first-order valence-electron chi connectivity index (χ1n) is 7.28. The molecule has 0 spiro atoms. The molecule has 1 aliphatic rings. The average Bonchev–Trinajstić information content (AvgIpc) is 2.45. The van der Waals surface area contributed by atoms with Crippen LogP contribution in [-0.2, 0) is 0 Å². The van der Waals surface area contributed by atoms with Crippen LogP contribution in [0.3, 0.4) is 0 Å². The fraction of sp³-hybridized carbons (Fsp3) is 0.643. The largest absolute Gasteiger partial charge is 0.382 e. The Bertz CT molecular complexity index is 492. The Morgan fingerprint density at radius 3 is 2.52 bits per heavy atom. The summed E-state index contributed by atoms with van der Waals surface area (Å²) in [5.41, 5.74) is 6.89. The normalized spacial score (nSPS) is 16.5. The Balaban J connectivity index is 1.97. The van der Waals surface area contributed by atoms with Crippen molar-refractivity contribution < 1.29 is 0 Å². The monoisotopic (exact) mass is 291 g/mol. The lowest BCUT2D eigenvalue weighted by atomic mass is 10.3. The van der Waals surface area contributed by atoms with Gasteiger partial charge < -0.3 is 15.5 Å². The molecule has 0 atom stereocenters. The van der Waals surface area contributed by atoms with E-state index < -0.39 is 0 Å². The fourth-order valence-electron chi connectivity index (χ4n) is 2.35. The van der Waals surface area contributed by atoms with Crippen molar-refractivity contribution >= 4 is 11.8 Å². The number of nitrogen functional groups attached to an aromatic ring is 1. The average molecular weight is 291 g/mol. The summed E-state index contributed by atoms with van der Waals surface area (Å²) in [5.74, 6) is 0.679. The molecule has 3 N–H and O–H groups in total. The van der Waals surface area contributed by atoms with Crippen molar-refractivity contribution in [1.29, 1.82) is 5.41 Å². The van der Waals surface area contributed by atoms with Crippen molar-refractivity contribution in [3.05, 3.63) is 17.5 Å². The van der Waals surface area contributed by atoms with Crippen LogP contribution in [0.15, 0.2) is 6.07 Å². The molecule has 2 heterocycles. The van der Waals surface area contributed by atoms with Crippen LogP contribution in [0.5, 0.6) is 0 Å². The molecule has 0 aliphatic carbocycles. The zero-order valence-electron chi connectivity index (χ0n) is 13.1. The number of nitrogens with two attached hydrogens (primary N) is 1. The summed E-state index contributed by atoms with van der Waals surface area (Å²) in [5, 5.41) is 7.53. The Morgan fingerprint density at radius 1 is 1.29 bits per heavy atom. The van der Waals surface area contributed by atoms with E-state index in [4.69, 9.17) is 11.1 Å². The SMILES string of the molecule is Cc1cc(C(=N)N)nc(N2CCN(CCN(C)C)CC2)n1. The quantitative estimate of drug-likeness (QED) is 0.575. The van der Waals surface area contributed by atoms with Crippen molar-refractivity contribution in [2.45, 2.75) is 6.92 Å². The lowest BCUT2D eigenvalue weighted by Gasteiger charge is -2.35. The maximum absolute atomic E-state index is 7.53. The van der Waals surface area contributed by atoms with Crippen molar-refractivity contribution in [3.63, 3.8) is 0 Å². The highest BCUT2D eigenvalue weighted by Gasteiger charge is 2.19. The highest BCUT2D eigenvalue weighted by molar-refractivity contribution is 5.93. The highest BCUT2D eigenvalue weighted by Crippen LogP contribution is 2.13. The van der Waals surface area contributed by atoms with Gasteiger partial charge in [0, 0.05) is 45.0 Å². The molecule has 1 aromatic heterocycles. The molecule has 2 rings (SSSR count). The summed E-state index contributed by atoms with van der Waals surface area (Å²) in [6.45, 7) is 7.93. The summed E-state index contributed by atoms with van der Waals surface area (Å²) in [6, 6.07) is 1.75. The van der Waals surface area contributed by atoms with Gasteiger partial charge in [-0.1, -0.05) is 0 Å². The van der Waals surface area contributed by atoms with Gasteiger partial charge in [0.2, 0.25) is 5.95 Å². The first-order chi connectivity index (χ1) is 9.95. The molecule has 1 saturated heterocycles. The Morgan fingerprint density at radius 2 is 1.95 bits per heavy atom. The second kappa shape index (κ2) is 6.82. The van der Waals surface area contributed by atoms with Crippen molar-refractivity contribution in [1.82, 2.24) is 19.8 Å². The van der Waals surface area contributed by atoms with Crippen LogP contribution in [0.4, 0.5) is 5.95 Å². The summed E-state index contributed by atoms with van der Waals surface area (Å²) in [4.78, 5) is 15.7. The molecule has 0 radical (unpaired) electrons. The Labute approximate surface area is 126 Å². The minimum atomic E-state index is -0.00799. The molecule has 1 aliphatic heterocycles. The van der Waals surface area contributed by atoms with Gasteiger partial charge >= 0.3 is 0 Å². The number of hydrogen-bond acceptors (Lipinski definition) is 6. The van der Waals surface area contributed by atoms with E-state index in [9.17, 15) is 0 Å². The van der Waals surface area contributed by atoms with Gasteiger partial charge in [0.15, 0.2) is 0 Å². The first-order valence-corrected chi connectivity index (χ1v) is 7.28. The molecular weight excluding hydrogens is 266 g/mol. The number of nitrogens with zero attached hydrogens (tertiary/aromatic N) is 5. The first kappa shape index (κ1) is 15.7. The predicted octanol–water partition coefficient (Wildman–Crippen LogP) is -0.247. The molecule has 0 aromatic carbocycles. The van der Waals surface area contributed by atoms with Gasteiger partial charge in [-0.2, -0.15) is 0 Å². The standard InChI is InChI=1S/C14H25N7/c1-11-10-12(13(15)16)18-14(17-11)21-8-6-20(7-9-21)5-4-19(2)3/h10H,4-9H2,1-3H3,(H3,15,16). The maximum Gasteiger partial charge on any atom is 0.226 e. The minimum absolute atomic E-state index is 0.00799. The van der Waals surface area contributed by atoms with E-state index in [-0.39, 0.29) is 5.84 Å². The number of aryl methyl sites for hydroxylation is 1. The van der Waals surface area contributed by atoms with E-state index in [1.807, 2.05) is 6.92 Å². The van der Waals surface area contributed by atoms with E-state index >= 15 is 0 Å². The molecule has 1 fully saturated rings.